The number of amides is 1. The lowest BCUT2D eigenvalue weighted by molar-refractivity contribution is -0.128. The van der Waals surface area contributed by atoms with Crippen LogP contribution in [-0.4, -0.2) is 37.0 Å². The quantitative estimate of drug-likeness (QED) is 0.626. The molecule has 0 aromatic rings. The van der Waals surface area contributed by atoms with Gasteiger partial charge in [-0.25, -0.2) is 0 Å². The Bertz CT molecular complexity index is 314. The second-order valence-electron chi connectivity index (χ2n) is 5.88. The predicted octanol–water partition coefficient (Wildman–Crippen LogP) is 2.94. The zero-order valence-corrected chi connectivity index (χ0v) is 13.8. The third-order valence-corrected chi connectivity index (χ3v) is 3.86. The Morgan fingerprint density at radius 3 is 2.25 bits per heavy atom. The van der Waals surface area contributed by atoms with E-state index in [2.05, 4.69) is 37.2 Å². The first-order valence-corrected chi connectivity index (χ1v) is 7.83. The zero-order valence-electron chi connectivity index (χ0n) is 13.8. The fraction of sp³-hybridized carbons (Fsp3) is 0.875. The summed E-state index contributed by atoms with van der Waals surface area (Å²) in [6.45, 7) is 9.95. The van der Waals surface area contributed by atoms with Gasteiger partial charge in [0, 0.05) is 12.6 Å². The minimum Gasteiger partial charge on any atom is -0.355 e. The van der Waals surface area contributed by atoms with Crippen LogP contribution in [0.1, 0.15) is 59.8 Å². The highest BCUT2D eigenvalue weighted by atomic mass is 16.2. The predicted molar refractivity (Wildman–Crippen MR) is 83.3 cm³/mol. The van der Waals surface area contributed by atoms with Gasteiger partial charge in [0.2, 0.25) is 5.91 Å². The summed E-state index contributed by atoms with van der Waals surface area (Å²) in [5, 5.41) is 12.4. The van der Waals surface area contributed by atoms with E-state index in [1.807, 2.05) is 13.8 Å². The SMILES string of the molecule is CCCC(C#N)(CCC)C(=O)NCCCN(C)C(C)C. The van der Waals surface area contributed by atoms with Crippen LogP contribution in [0.3, 0.4) is 0 Å². The molecule has 0 radical (unpaired) electrons. The van der Waals surface area contributed by atoms with E-state index in [9.17, 15) is 10.1 Å². The van der Waals surface area contributed by atoms with Gasteiger partial charge in [0.25, 0.3) is 0 Å². The Balaban J connectivity index is 4.31. The van der Waals surface area contributed by atoms with Crippen LogP contribution in [0.5, 0.6) is 0 Å². The number of carbonyl (C=O) groups is 1. The van der Waals surface area contributed by atoms with Crippen molar-refractivity contribution in [1.82, 2.24) is 10.2 Å². The number of hydrogen-bond donors (Lipinski definition) is 1. The minimum atomic E-state index is -0.826. The maximum absolute atomic E-state index is 12.3. The van der Waals surface area contributed by atoms with Crippen LogP contribution in [0.25, 0.3) is 0 Å². The first-order valence-electron chi connectivity index (χ1n) is 7.83. The maximum atomic E-state index is 12.3. The molecule has 0 unspecified atom stereocenters. The molecule has 0 saturated heterocycles. The molecule has 0 aromatic heterocycles. The van der Waals surface area contributed by atoms with Crippen LogP contribution < -0.4 is 5.32 Å². The summed E-state index contributed by atoms with van der Waals surface area (Å²) in [5.74, 6) is -0.0871. The lowest BCUT2D eigenvalue weighted by Crippen LogP contribution is -2.41. The fourth-order valence-electron chi connectivity index (χ4n) is 2.33. The second kappa shape index (κ2) is 9.77. The highest BCUT2D eigenvalue weighted by molar-refractivity contribution is 5.85. The summed E-state index contributed by atoms with van der Waals surface area (Å²) in [7, 11) is 2.08. The zero-order chi connectivity index (χ0) is 15.6. The molecule has 0 aliphatic rings. The lowest BCUT2D eigenvalue weighted by atomic mass is 9.80. The normalized spacial score (nSPS) is 11.7. The number of nitrogens with one attached hydrogen (secondary N) is 1. The van der Waals surface area contributed by atoms with Gasteiger partial charge in [-0.2, -0.15) is 5.26 Å². The third kappa shape index (κ3) is 5.92. The molecule has 1 N–H and O–H groups in total. The Morgan fingerprint density at radius 1 is 1.30 bits per heavy atom. The molecular weight excluding hydrogens is 250 g/mol. The molecule has 0 spiro atoms. The van der Waals surface area contributed by atoms with Crippen molar-refractivity contribution < 1.29 is 4.79 Å². The van der Waals surface area contributed by atoms with Crippen LogP contribution >= 0.6 is 0 Å². The Kier molecular flexibility index (Phi) is 9.24. The van der Waals surface area contributed by atoms with Gasteiger partial charge >= 0.3 is 0 Å². The van der Waals surface area contributed by atoms with E-state index in [0.717, 1.165) is 25.8 Å². The fourth-order valence-corrected chi connectivity index (χ4v) is 2.33. The molecular formula is C16H31N3O. The monoisotopic (exact) mass is 281 g/mol. The molecule has 4 nitrogen and oxygen atoms in total. The van der Waals surface area contributed by atoms with Gasteiger partial charge in [-0.1, -0.05) is 26.7 Å². The molecule has 0 saturated carbocycles. The minimum absolute atomic E-state index is 0.0871. The summed E-state index contributed by atoms with van der Waals surface area (Å²) < 4.78 is 0. The molecule has 0 aromatic carbocycles. The first kappa shape index (κ1) is 18.9. The van der Waals surface area contributed by atoms with Crippen molar-refractivity contribution in [2.45, 2.75) is 65.8 Å². The van der Waals surface area contributed by atoms with E-state index in [0.29, 0.717) is 25.4 Å². The number of nitrogens with zero attached hydrogens (tertiary/aromatic N) is 2. The van der Waals surface area contributed by atoms with E-state index >= 15 is 0 Å². The van der Waals surface area contributed by atoms with E-state index in [1.165, 1.54) is 0 Å². The van der Waals surface area contributed by atoms with Crippen molar-refractivity contribution in [2.24, 2.45) is 5.41 Å². The Labute approximate surface area is 124 Å². The number of carbonyl (C=O) groups excluding carboxylic acids is 1. The van der Waals surface area contributed by atoms with Crippen LogP contribution in [0.4, 0.5) is 0 Å². The van der Waals surface area contributed by atoms with Crippen molar-refractivity contribution >= 4 is 5.91 Å². The van der Waals surface area contributed by atoms with Crippen LogP contribution in [0.2, 0.25) is 0 Å². The summed E-state index contributed by atoms with van der Waals surface area (Å²) in [5.41, 5.74) is -0.826. The molecule has 0 aliphatic carbocycles. The smallest absolute Gasteiger partial charge is 0.240 e. The molecule has 20 heavy (non-hydrogen) atoms. The summed E-state index contributed by atoms with van der Waals surface area (Å²) in [6, 6.07) is 2.78. The molecule has 1 amide bonds. The molecule has 0 atom stereocenters. The molecule has 0 aliphatic heterocycles. The lowest BCUT2D eigenvalue weighted by Gasteiger charge is -2.25. The average molecular weight is 281 g/mol. The van der Waals surface area contributed by atoms with Crippen molar-refractivity contribution in [3.63, 3.8) is 0 Å². The van der Waals surface area contributed by atoms with Crippen molar-refractivity contribution in [3.05, 3.63) is 0 Å². The first-order chi connectivity index (χ1) is 9.43. The highest BCUT2D eigenvalue weighted by Gasteiger charge is 2.36. The largest absolute Gasteiger partial charge is 0.355 e. The van der Waals surface area contributed by atoms with Crippen LogP contribution in [0.15, 0.2) is 0 Å². The average Bonchev–Trinajstić information content (AvgIpc) is 2.42. The van der Waals surface area contributed by atoms with E-state index in [4.69, 9.17) is 0 Å². The van der Waals surface area contributed by atoms with E-state index < -0.39 is 5.41 Å². The van der Waals surface area contributed by atoms with Gasteiger partial charge in [0.05, 0.1) is 6.07 Å². The molecule has 0 heterocycles. The summed E-state index contributed by atoms with van der Waals surface area (Å²) in [6.07, 6.45) is 3.93. The molecule has 116 valence electrons. The van der Waals surface area contributed by atoms with Crippen molar-refractivity contribution in [3.8, 4) is 6.07 Å². The van der Waals surface area contributed by atoms with Crippen LogP contribution in [-0.2, 0) is 4.79 Å². The third-order valence-electron chi connectivity index (χ3n) is 3.86. The number of nitriles is 1. The Morgan fingerprint density at radius 2 is 1.85 bits per heavy atom. The van der Waals surface area contributed by atoms with E-state index in [-0.39, 0.29) is 5.91 Å². The highest BCUT2D eigenvalue weighted by Crippen LogP contribution is 2.29. The molecule has 0 bridgehead atoms. The van der Waals surface area contributed by atoms with Gasteiger partial charge in [-0.15, -0.1) is 0 Å². The molecule has 4 heteroatoms. The van der Waals surface area contributed by atoms with Gasteiger partial charge in [-0.05, 0) is 46.7 Å². The van der Waals surface area contributed by atoms with Gasteiger partial charge < -0.3 is 10.2 Å². The standard InChI is InChI=1S/C16H31N3O/c1-6-9-16(13-17,10-7-2)15(20)18-11-8-12-19(5)14(3)4/h14H,6-12H2,1-5H3,(H,18,20). The number of rotatable bonds is 10. The van der Waals surface area contributed by atoms with Crippen molar-refractivity contribution in [1.29, 1.82) is 5.26 Å². The maximum Gasteiger partial charge on any atom is 0.240 e. The molecule has 0 rings (SSSR count). The Hall–Kier alpha value is -1.08. The topological polar surface area (TPSA) is 56.1 Å². The molecule has 0 fully saturated rings. The second-order valence-corrected chi connectivity index (χ2v) is 5.88. The summed E-state index contributed by atoms with van der Waals surface area (Å²) >= 11 is 0. The van der Waals surface area contributed by atoms with Gasteiger partial charge in [-0.3, -0.25) is 4.79 Å². The number of hydrogen-bond acceptors (Lipinski definition) is 3. The van der Waals surface area contributed by atoms with Crippen molar-refractivity contribution in [2.75, 3.05) is 20.1 Å². The summed E-state index contributed by atoms with van der Waals surface area (Å²) in [4.78, 5) is 14.6. The van der Waals surface area contributed by atoms with Gasteiger partial charge in [0.15, 0.2) is 0 Å². The van der Waals surface area contributed by atoms with E-state index in [1.54, 1.807) is 0 Å². The van der Waals surface area contributed by atoms with Crippen LogP contribution in [0, 0.1) is 16.7 Å². The van der Waals surface area contributed by atoms with Gasteiger partial charge in [0.1, 0.15) is 5.41 Å².